The van der Waals surface area contributed by atoms with Gasteiger partial charge in [0.1, 0.15) is 23.4 Å². The number of imidazole rings is 2. The zero-order valence-electron chi connectivity index (χ0n) is 20.5. The van der Waals surface area contributed by atoms with Gasteiger partial charge in [-0.2, -0.15) is 0 Å². The van der Waals surface area contributed by atoms with Gasteiger partial charge in [0, 0.05) is 45.0 Å². The Hall–Kier alpha value is -4.01. The van der Waals surface area contributed by atoms with E-state index in [4.69, 9.17) is 9.47 Å². The van der Waals surface area contributed by atoms with Crippen molar-refractivity contribution in [1.29, 1.82) is 0 Å². The number of benzene rings is 2. The molecule has 9 heteroatoms. The van der Waals surface area contributed by atoms with E-state index in [0.717, 1.165) is 23.0 Å². The van der Waals surface area contributed by atoms with Gasteiger partial charge >= 0.3 is 5.69 Å². The van der Waals surface area contributed by atoms with Gasteiger partial charge in [0.05, 0.1) is 25.3 Å². The molecule has 1 N–H and O–H groups in total. The number of aryl methyl sites for hydroxylation is 3. The summed E-state index contributed by atoms with van der Waals surface area (Å²) in [7, 11) is 5.04. The first-order valence-electron chi connectivity index (χ1n) is 11.6. The van der Waals surface area contributed by atoms with Gasteiger partial charge in [-0.05, 0) is 36.2 Å². The first-order chi connectivity index (χ1) is 17.0. The zero-order valence-corrected chi connectivity index (χ0v) is 20.5. The van der Waals surface area contributed by atoms with Gasteiger partial charge in [0.25, 0.3) is 0 Å². The van der Waals surface area contributed by atoms with E-state index in [1.807, 2.05) is 61.1 Å². The van der Waals surface area contributed by atoms with E-state index in [2.05, 4.69) is 10.3 Å². The highest BCUT2D eigenvalue weighted by molar-refractivity contribution is 5.78. The van der Waals surface area contributed by atoms with E-state index >= 15 is 0 Å². The number of fused-ring (bicyclic) bond motifs is 1. The van der Waals surface area contributed by atoms with Crippen LogP contribution in [0.2, 0.25) is 0 Å². The van der Waals surface area contributed by atoms with Crippen LogP contribution in [0.4, 0.5) is 0 Å². The van der Waals surface area contributed by atoms with Crippen LogP contribution in [0.25, 0.3) is 11.0 Å². The number of nitrogens with one attached hydrogen (secondary N) is 1. The predicted octanol–water partition coefficient (Wildman–Crippen LogP) is 3.26. The Kier molecular flexibility index (Phi) is 7.24. The Morgan fingerprint density at radius 3 is 2.20 bits per heavy atom. The molecule has 1 atom stereocenters. The molecule has 0 aliphatic carbocycles. The molecule has 4 aromatic rings. The Bertz CT molecular complexity index is 1360. The Morgan fingerprint density at radius 2 is 1.66 bits per heavy atom. The lowest BCUT2D eigenvalue weighted by Gasteiger charge is -2.20. The number of hydrogen-bond acceptors (Lipinski definition) is 5. The molecule has 2 heterocycles. The number of carbonyl (C=O) groups excluding carboxylic acids is 1. The third kappa shape index (κ3) is 4.94. The number of ether oxygens (including phenoxy) is 2. The molecule has 35 heavy (non-hydrogen) atoms. The van der Waals surface area contributed by atoms with Crippen LogP contribution in [-0.2, 0) is 24.9 Å². The molecular weight excluding hydrogens is 446 g/mol. The van der Waals surface area contributed by atoms with Gasteiger partial charge in [-0.1, -0.05) is 19.1 Å². The quantitative estimate of drug-likeness (QED) is 0.379. The normalized spacial score (nSPS) is 12.0. The van der Waals surface area contributed by atoms with E-state index < -0.39 is 6.04 Å². The van der Waals surface area contributed by atoms with Gasteiger partial charge in [0.2, 0.25) is 5.91 Å². The van der Waals surface area contributed by atoms with Crippen molar-refractivity contribution in [3.8, 4) is 11.5 Å². The molecular formula is C26H31N5O4. The Morgan fingerprint density at radius 1 is 1.03 bits per heavy atom. The summed E-state index contributed by atoms with van der Waals surface area (Å²) in [5, 5.41) is 3.09. The smallest absolute Gasteiger partial charge is 0.329 e. The minimum Gasteiger partial charge on any atom is -0.497 e. The van der Waals surface area contributed by atoms with Crippen molar-refractivity contribution >= 4 is 16.9 Å². The molecule has 0 saturated carbocycles. The highest BCUT2D eigenvalue weighted by atomic mass is 16.5. The third-order valence-corrected chi connectivity index (χ3v) is 6.06. The fraction of sp³-hybridized carbons (Fsp3) is 0.346. The van der Waals surface area contributed by atoms with E-state index in [1.54, 1.807) is 35.6 Å². The molecule has 0 saturated heterocycles. The number of rotatable bonds is 10. The topological polar surface area (TPSA) is 92.3 Å². The van der Waals surface area contributed by atoms with Crippen molar-refractivity contribution in [1.82, 2.24) is 24.0 Å². The van der Waals surface area contributed by atoms with Gasteiger partial charge in [-0.3, -0.25) is 13.9 Å². The molecule has 1 amide bonds. The summed E-state index contributed by atoms with van der Waals surface area (Å²) >= 11 is 0. The molecule has 2 aromatic heterocycles. The number of carbonyl (C=O) groups is 1. The van der Waals surface area contributed by atoms with E-state index in [-0.39, 0.29) is 24.6 Å². The molecule has 1 unspecified atom stereocenters. The van der Waals surface area contributed by atoms with Crippen LogP contribution < -0.4 is 20.5 Å². The third-order valence-electron chi connectivity index (χ3n) is 6.06. The summed E-state index contributed by atoms with van der Waals surface area (Å²) in [6, 6.07) is 12.6. The van der Waals surface area contributed by atoms with E-state index in [9.17, 15) is 9.59 Å². The highest BCUT2D eigenvalue weighted by Gasteiger charge is 2.23. The number of hydrogen-bond donors (Lipinski definition) is 1. The van der Waals surface area contributed by atoms with E-state index in [1.165, 1.54) is 0 Å². The summed E-state index contributed by atoms with van der Waals surface area (Å²) < 4.78 is 16.1. The number of amides is 1. The summed E-state index contributed by atoms with van der Waals surface area (Å²) in [6.45, 7) is 2.95. The Labute approximate surface area is 203 Å². The van der Waals surface area contributed by atoms with Gasteiger partial charge in [-0.15, -0.1) is 0 Å². The summed E-state index contributed by atoms with van der Waals surface area (Å²) in [4.78, 5) is 30.7. The molecule has 0 radical (unpaired) electrons. The molecule has 0 fully saturated rings. The van der Waals surface area contributed by atoms with Crippen molar-refractivity contribution in [2.45, 2.75) is 38.9 Å². The van der Waals surface area contributed by atoms with Crippen molar-refractivity contribution < 1.29 is 14.3 Å². The molecule has 4 rings (SSSR count). The maximum Gasteiger partial charge on any atom is 0.329 e. The molecule has 0 spiro atoms. The minimum absolute atomic E-state index is 0.0981. The predicted molar refractivity (Wildman–Crippen MR) is 134 cm³/mol. The number of methoxy groups -OCH3 is 2. The molecule has 0 bridgehead atoms. The highest BCUT2D eigenvalue weighted by Crippen LogP contribution is 2.29. The molecule has 0 aliphatic rings. The molecule has 2 aromatic carbocycles. The zero-order chi connectivity index (χ0) is 24.9. The van der Waals surface area contributed by atoms with Crippen LogP contribution in [0.1, 0.15) is 37.2 Å². The number of nitrogens with zero attached hydrogens (tertiary/aromatic N) is 4. The summed E-state index contributed by atoms with van der Waals surface area (Å²) in [5.74, 6) is 1.70. The molecule has 0 aliphatic heterocycles. The van der Waals surface area contributed by atoms with E-state index in [0.29, 0.717) is 23.9 Å². The summed E-state index contributed by atoms with van der Waals surface area (Å²) in [5.41, 5.74) is 2.39. The first kappa shape index (κ1) is 24.1. The standard InChI is InChI=1S/C26H31N5O4/c1-5-12-30-21-8-6-7-9-22(21)31(26(30)33)13-10-23(32)28-24(25-27-11-14-29(25)2)18-15-19(34-3)17-20(16-18)35-4/h6-9,11,14-17,24H,5,10,12-13H2,1-4H3,(H,28,32). The lowest BCUT2D eigenvalue weighted by molar-refractivity contribution is -0.121. The second-order valence-corrected chi connectivity index (χ2v) is 8.37. The lowest BCUT2D eigenvalue weighted by Crippen LogP contribution is -2.33. The van der Waals surface area contributed by atoms with Gasteiger partial charge in [-0.25, -0.2) is 9.78 Å². The van der Waals surface area contributed by atoms with Gasteiger partial charge < -0.3 is 19.4 Å². The first-order valence-corrected chi connectivity index (χ1v) is 11.6. The lowest BCUT2D eigenvalue weighted by atomic mass is 10.0. The van der Waals surface area contributed by atoms with Crippen LogP contribution in [0.5, 0.6) is 11.5 Å². The van der Waals surface area contributed by atoms with Crippen LogP contribution in [0, 0.1) is 0 Å². The van der Waals surface area contributed by atoms with Crippen molar-refractivity contribution in [2.24, 2.45) is 7.05 Å². The SMILES string of the molecule is CCCn1c(=O)n(CCC(=O)NC(c2cc(OC)cc(OC)c2)c2nccn2C)c2ccccc21. The fourth-order valence-corrected chi connectivity index (χ4v) is 4.32. The monoisotopic (exact) mass is 477 g/mol. The second kappa shape index (κ2) is 10.5. The number of aromatic nitrogens is 4. The number of para-hydroxylation sites is 2. The average molecular weight is 478 g/mol. The van der Waals surface area contributed by atoms with Crippen molar-refractivity contribution in [3.05, 3.63) is 76.7 Å². The summed E-state index contributed by atoms with van der Waals surface area (Å²) in [6.07, 6.45) is 4.51. The maximum atomic E-state index is 13.2. The van der Waals surface area contributed by atoms with Crippen LogP contribution in [0.15, 0.2) is 59.7 Å². The van der Waals surface area contributed by atoms with Gasteiger partial charge in [0.15, 0.2) is 0 Å². The largest absolute Gasteiger partial charge is 0.497 e. The van der Waals surface area contributed by atoms with Crippen LogP contribution in [0.3, 0.4) is 0 Å². The average Bonchev–Trinajstić information content (AvgIpc) is 3.41. The van der Waals surface area contributed by atoms with Crippen molar-refractivity contribution in [3.63, 3.8) is 0 Å². The van der Waals surface area contributed by atoms with Crippen molar-refractivity contribution in [2.75, 3.05) is 14.2 Å². The van der Waals surface area contributed by atoms with Crippen LogP contribution >= 0.6 is 0 Å². The molecule has 184 valence electrons. The minimum atomic E-state index is -0.523. The van der Waals surface area contributed by atoms with Crippen LogP contribution in [-0.4, -0.2) is 38.8 Å². The molecule has 9 nitrogen and oxygen atoms in total. The maximum absolute atomic E-state index is 13.2. The Balaban J connectivity index is 1.61. The second-order valence-electron chi connectivity index (χ2n) is 8.37. The fourth-order valence-electron chi connectivity index (χ4n) is 4.32.